The lowest BCUT2D eigenvalue weighted by molar-refractivity contribution is -0.149. The first-order chi connectivity index (χ1) is 11.4. The van der Waals surface area contributed by atoms with Crippen LogP contribution in [0.2, 0.25) is 0 Å². The van der Waals surface area contributed by atoms with Crippen LogP contribution in [0.1, 0.15) is 27.1 Å². The van der Waals surface area contributed by atoms with Gasteiger partial charge in [-0.15, -0.1) is 11.6 Å². The lowest BCUT2D eigenvalue weighted by atomic mass is 9.85. The lowest BCUT2D eigenvalue weighted by Crippen LogP contribution is -2.56. The van der Waals surface area contributed by atoms with Gasteiger partial charge in [0.05, 0.1) is 26.7 Å². The Labute approximate surface area is 143 Å². The van der Waals surface area contributed by atoms with Gasteiger partial charge in [0.15, 0.2) is 11.6 Å². The van der Waals surface area contributed by atoms with Gasteiger partial charge in [-0.3, -0.25) is 24.5 Å². The van der Waals surface area contributed by atoms with Crippen molar-refractivity contribution in [3.05, 3.63) is 35.4 Å². The number of Topliss-reactive ketones (excluding diaryl/α,β-unsaturated/α-hetero) is 2. The Balaban J connectivity index is 2.29. The topological polar surface area (TPSA) is 98.8 Å². The number of alkyl halides is 1. The molecule has 1 N–H and O–H groups in total. The third-order valence-corrected chi connectivity index (χ3v) is 4.20. The molecule has 0 saturated carbocycles. The minimum Gasteiger partial charge on any atom is -0.469 e. The molecule has 3 atom stereocenters. The van der Waals surface area contributed by atoms with Gasteiger partial charge in [-0.2, -0.15) is 0 Å². The maximum atomic E-state index is 12.6. The van der Waals surface area contributed by atoms with E-state index in [0.717, 1.165) is 7.11 Å². The normalized spacial score (nSPS) is 21.0. The molecule has 8 heteroatoms. The molecule has 0 aromatic heterocycles. The molecule has 128 valence electrons. The number of methoxy groups -OCH3 is 2. The highest BCUT2D eigenvalue weighted by molar-refractivity contribution is 6.39. The number of ketones is 2. The van der Waals surface area contributed by atoms with Crippen LogP contribution in [0.25, 0.3) is 0 Å². The van der Waals surface area contributed by atoms with Crippen LogP contribution in [-0.4, -0.2) is 55.2 Å². The quantitative estimate of drug-likeness (QED) is 0.615. The molecular weight excluding hydrogens is 338 g/mol. The first kappa shape index (κ1) is 18.1. The van der Waals surface area contributed by atoms with E-state index in [4.69, 9.17) is 11.6 Å². The summed E-state index contributed by atoms with van der Waals surface area (Å²) in [6.45, 7) is 0. The molecule has 3 unspecified atom stereocenters. The molecule has 1 aromatic rings. The summed E-state index contributed by atoms with van der Waals surface area (Å²) >= 11 is 6.12. The number of rotatable bonds is 5. The van der Waals surface area contributed by atoms with Crippen molar-refractivity contribution < 1.29 is 28.7 Å². The van der Waals surface area contributed by atoms with Crippen molar-refractivity contribution in [2.45, 2.75) is 23.9 Å². The average molecular weight is 354 g/mol. The second kappa shape index (κ2) is 7.55. The Morgan fingerprint density at radius 2 is 1.71 bits per heavy atom. The van der Waals surface area contributed by atoms with Crippen LogP contribution in [0.4, 0.5) is 0 Å². The summed E-state index contributed by atoms with van der Waals surface area (Å²) in [7, 11) is 2.32. The Kier molecular flexibility index (Phi) is 5.69. The van der Waals surface area contributed by atoms with Crippen molar-refractivity contribution in [2.75, 3.05) is 14.2 Å². The summed E-state index contributed by atoms with van der Waals surface area (Å²) in [5, 5.41) is 1.47. The van der Waals surface area contributed by atoms with Gasteiger partial charge in [0.1, 0.15) is 11.4 Å². The third-order valence-electron chi connectivity index (χ3n) is 3.75. The molecular formula is C16H16ClNO6. The molecule has 0 aliphatic heterocycles. The summed E-state index contributed by atoms with van der Waals surface area (Å²) in [4.78, 5) is 48.2. The molecule has 0 radical (unpaired) electrons. The summed E-state index contributed by atoms with van der Waals surface area (Å²) in [5.74, 6) is -2.28. The molecule has 0 heterocycles. The van der Waals surface area contributed by atoms with Gasteiger partial charge >= 0.3 is 11.9 Å². The van der Waals surface area contributed by atoms with Crippen LogP contribution >= 0.6 is 11.6 Å². The number of ether oxygens (including phenoxy) is 2. The second-order valence-electron chi connectivity index (χ2n) is 5.18. The van der Waals surface area contributed by atoms with E-state index >= 15 is 0 Å². The van der Waals surface area contributed by atoms with Crippen molar-refractivity contribution in [1.29, 1.82) is 0 Å². The number of benzene rings is 1. The number of hydrogen-bond acceptors (Lipinski definition) is 7. The zero-order chi connectivity index (χ0) is 17.9. The third kappa shape index (κ3) is 3.47. The monoisotopic (exact) mass is 353 g/mol. The van der Waals surface area contributed by atoms with Crippen molar-refractivity contribution in [3.63, 3.8) is 0 Å². The van der Waals surface area contributed by atoms with E-state index in [9.17, 15) is 19.2 Å². The Bertz CT molecular complexity index is 689. The van der Waals surface area contributed by atoms with Crippen molar-refractivity contribution in [3.8, 4) is 0 Å². The molecule has 0 bridgehead atoms. The number of hydrogen-bond donors (Lipinski definition) is 1. The van der Waals surface area contributed by atoms with E-state index in [-0.39, 0.29) is 17.5 Å². The molecule has 24 heavy (non-hydrogen) atoms. The number of esters is 2. The lowest BCUT2D eigenvalue weighted by Gasteiger charge is -2.30. The average Bonchev–Trinajstić information content (AvgIpc) is 2.61. The van der Waals surface area contributed by atoms with Crippen LogP contribution in [0.3, 0.4) is 0 Å². The highest BCUT2D eigenvalue weighted by Crippen LogP contribution is 2.25. The van der Waals surface area contributed by atoms with Crippen LogP contribution in [0.5, 0.6) is 0 Å². The first-order valence-corrected chi connectivity index (χ1v) is 7.56. The van der Waals surface area contributed by atoms with Gasteiger partial charge < -0.3 is 9.47 Å². The Morgan fingerprint density at radius 3 is 2.25 bits per heavy atom. The predicted molar refractivity (Wildman–Crippen MR) is 84.1 cm³/mol. The van der Waals surface area contributed by atoms with Crippen molar-refractivity contribution >= 4 is 35.1 Å². The predicted octanol–water partition coefficient (Wildman–Crippen LogP) is 0.736. The number of fused-ring (bicyclic) bond motifs is 1. The maximum absolute atomic E-state index is 12.6. The smallest absolute Gasteiger partial charge is 0.323 e. The standard InChI is InChI=1S/C16H16ClNO6/c1-23-11(19)7-10(16(22)24-2)18-13-12(17)14(20)8-5-3-4-6-9(8)15(13)21/h3-6,10,12-13,18H,7H2,1-2H3. The number of nitrogens with one attached hydrogen (secondary N) is 1. The summed E-state index contributed by atoms with van der Waals surface area (Å²) in [6, 6.07) is 3.99. The highest BCUT2D eigenvalue weighted by Gasteiger charge is 2.42. The summed E-state index contributed by atoms with van der Waals surface area (Å²) < 4.78 is 9.14. The minimum absolute atomic E-state index is 0.221. The SMILES string of the molecule is COC(=O)CC(NC1C(=O)c2ccccc2C(=O)C1Cl)C(=O)OC. The largest absolute Gasteiger partial charge is 0.469 e. The van der Waals surface area contributed by atoms with Gasteiger partial charge in [0.2, 0.25) is 0 Å². The summed E-state index contributed by atoms with van der Waals surface area (Å²) in [6.07, 6.45) is -0.355. The van der Waals surface area contributed by atoms with Gasteiger partial charge in [0.25, 0.3) is 0 Å². The van der Waals surface area contributed by atoms with Crippen LogP contribution < -0.4 is 5.32 Å². The minimum atomic E-state index is -1.20. The summed E-state index contributed by atoms with van der Waals surface area (Å²) in [5.41, 5.74) is 0.460. The molecule has 2 rings (SSSR count). The maximum Gasteiger partial charge on any atom is 0.323 e. The zero-order valence-corrected chi connectivity index (χ0v) is 13.8. The van der Waals surface area contributed by atoms with Crippen LogP contribution in [-0.2, 0) is 19.1 Å². The molecule has 1 aliphatic rings. The highest BCUT2D eigenvalue weighted by atomic mass is 35.5. The first-order valence-electron chi connectivity index (χ1n) is 7.13. The number of halogens is 1. The second-order valence-corrected chi connectivity index (χ2v) is 5.65. The fourth-order valence-corrected chi connectivity index (χ4v) is 2.80. The van der Waals surface area contributed by atoms with Crippen molar-refractivity contribution in [2.24, 2.45) is 0 Å². The van der Waals surface area contributed by atoms with E-state index in [0.29, 0.717) is 0 Å². The molecule has 0 fully saturated rings. The molecule has 0 saturated heterocycles. The van der Waals surface area contributed by atoms with Gasteiger partial charge in [-0.05, 0) is 0 Å². The number of carbonyl (C=O) groups excluding carboxylic acids is 4. The molecule has 1 aromatic carbocycles. The molecule has 1 aliphatic carbocycles. The fourth-order valence-electron chi connectivity index (χ4n) is 2.49. The Morgan fingerprint density at radius 1 is 1.12 bits per heavy atom. The van der Waals surface area contributed by atoms with E-state index in [1.165, 1.54) is 19.2 Å². The number of carbonyl (C=O) groups is 4. The Hall–Kier alpha value is -2.25. The molecule has 0 spiro atoms. The van der Waals surface area contributed by atoms with E-state index < -0.39 is 41.0 Å². The van der Waals surface area contributed by atoms with Gasteiger partial charge in [-0.25, -0.2) is 0 Å². The van der Waals surface area contributed by atoms with Crippen LogP contribution in [0.15, 0.2) is 24.3 Å². The van der Waals surface area contributed by atoms with Crippen LogP contribution in [0, 0.1) is 0 Å². The van der Waals surface area contributed by atoms with Gasteiger partial charge in [-0.1, -0.05) is 24.3 Å². The van der Waals surface area contributed by atoms with E-state index in [1.54, 1.807) is 12.1 Å². The van der Waals surface area contributed by atoms with E-state index in [1.807, 2.05) is 0 Å². The fraction of sp³-hybridized carbons (Fsp3) is 0.375. The molecule has 7 nitrogen and oxygen atoms in total. The van der Waals surface area contributed by atoms with Gasteiger partial charge in [0, 0.05) is 11.1 Å². The zero-order valence-electron chi connectivity index (χ0n) is 13.1. The van der Waals surface area contributed by atoms with Crippen molar-refractivity contribution in [1.82, 2.24) is 5.32 Å². The van der Waals surface area contributed by atoms with E-state index in [2.05, 4.69) is 14.8 Å². The molecule has 0 amide bonds.